The average Bonchev–Trinajstić information content (AvgIpc) is 2.86. The van der Waals surface area contributed by atoms with Crippen molar-refractivity contribution in [2.24, 2.45) is 5.92 Å². The zero-order chi connectivity index (χ0) is 15.6. The smallest absolute Gasteiger partial charge is 0.310 e. The van der Waals surface area contributed by atoms with E-state index in [0.717, 1.165) is 18.2 Å². The van der Waals surface area contributed by atoms with Crippen molar-refractivity contribution in [2.45, 2.75) is 17.4 Å². The summed E-state index contributed by atoms with van der Waals surface area (Å²) in [5, 5.41) is 17.4. The zero-order valence-electron chi connectivity index (χ0n) is 10.7. The molecule has 2 rings (SSSR count). The summed E-state index contributed by atoms with van der Waals surface area (Å²) in [5.74, 6) is -2.70. The van der Waals surface area contributed by atoms with E-state index in [2.05, 4.69) is 4.72 Å². The highest BCUT2D eigenvalue weighted by atomic mass is 32.2. The molecule has 0 saturated heterocycles. The summed E-state index contributed by atoms with van der Waals surface area (Å²) >= 11 is 0. The van der Waals surface area contributed by atoms with Crippen LogP contribution in [0.1, 0.15) is 12.0 Å². The number of carboxylic acid groups (broad SMARTS) is 1. The lowest BCUT2D eigenvalue weighted by Crippen LogP contribution is -2.33. The summed E-state index contributed by atoms with van der Waals surface area (Å²) in [6.45, 7) is 0. The van der Waals surface area contributed by atoms with E-state index >= 15 is 0 Å². The summed E-state index contributed by atoms with van der Waals surface area (Å²) < 4.78 is 39.9. The first-order valence-electron chi connectivity index (χ1n) is 5.96. The quantitative estimate of drug-likeness (QED) is 0.807. The SMILES string of the molecule is N#Cc1ccc(S(=O)(=O)NC2C=CC(C(=O)O)C2)cc1F. The van der Waals surface area contributed by atoms with Gasteiger partial charge in [0.05, 0.1) is 16.4 Å². The van der Waals surface area contributed by atoms with Crippen LogP contribution in [0.5, 0.6) is 0 Å². The molecule has 6 nitrogen and oxygen atoms in total. The Morgan fingerprint density at radius 2 is 2.14 bits per heavy atom. The normalized spacial score (nSPS) is 21.1. The van der Waals surface area contributed by atoms with Crippen molar-refractivity contribution in [3.05, 3.63) is 41.7 Å². The van der Waals surface area contributed by atoms with Crippen molar-refractivity contribution in [2.75, 3.05) is 0 Å². The maximum absolute atomic E-state index is 13.5. The van der Waals surface area contributed by atoms with E-state index in [-0.39, 0.29) is 16.9 Å². The van der Waals surface area contributed by atoms with Crippen LogP contribution in [0.4, 0.5) is 4.39 Å². The number of aliphatic carboxylic acids is 1. The topological polar surface area (TPSA) is 107 Å². The second kappa shape index (κ2) is 5.63. The molecule has 2 N–H and O–H groups in total. The minimum Gasteiger partial charge on any atom is -0.481 e. The van der Waals surface area contributed by atoms with Crippen LogP contribution < -0.4 is 4.72 Å². The maximum atomic E-state index is 13.5. The highest BCUT2D eigenvalue weighted by Crippen LogP contribution is 2.21. The van der Waals surface area contributed by atoms with Gasteiger partial charge in [-0.25, -0.2) is 17.5 Å². The molecule has 0 fully saturated rings. The van der Waals surface area contributed by atoms with Crippen molar-refractivity contribution in [1.29, 1.82) is 5.26 Å². The van der Waals surface area contributed by atoms with Gasteiger partial charge in [-0.05, 0) is 24.6 Å². The van der Waals surface area contributed by atoms with Crippen molar-refractivity contribution < 1.29 is 22.7 Å². The maximum Gasteiger partial charge on any atom is 0.310 e. The average molecular weight is 310 g/mol. The van der Waals surface area contributed by atoms with Gasteiger partial charge in [0.1, 0.15) is 11.9 Å². The number of nitriles is 1. The molecule has 2 unspecified atom stereocenters. The van der Waals surface area contributed by atoms with Gasteiger partial charge in [0, 0.05) is 6.04 Å². The molecule has 0 saturated carbocycles. The molecule has 0 aromatic heterocycles. The van der Waals surface area contributed by atoms with Gasteiger partial charge in [-0.1, -0.05) is 12.2 Å². The molecule has 110 valence electrons. The molecule has 0 spiro atoms. The number of carbonyl (C=O) groups is 1. The summed E-state index contributed by atoms with van der Waals surface area (Å²) in [6, 6.07) is 3.90. The Bertz CT molecular complexity index is 752. The summed E-state index contributed by atoms with van der Waals surface area (Å²) in [5.41, 5.74) is -0.249. The summed E-state index contributed by atoms with van der Waals surface area (Å²) in [7, 11) is -3.98. The lowest BCUT2D eigenvalue weighted by atomic mass is 10.1. The van der Waals surface area contributed by atoms with Crippen LogP contribution in [0.3, 0.4) is 0 Å². The van der Waals surface area contributed by atoms with Gasteiger partial charge in [0.15, 0.2) is 0 Å². The minimum absolute atomic E-state index is 0.104. The van der Waals surface area contributed by atoms with Crippen LogP contribution in [-0.4, -0.2) is 25.5 Å². The first-order chi connectivity index (χ1) is 9.83. The van der Waals surface area contributed by atoms with Gasteiger partial charge in [-0.3, -0.25) is 4.79 Å². The number of hydrogen-bond donors (Lipinski definition) is 2. The van der Waals surface area contributed by atoms with Crippen molar-refractivity contribution in [1.82, 2.24) is 4.72 Å². The van der Waals surface area contributed by atoms with Gasteiger partial charge in [0.2, 0.25) is 10.0 Å². The Labute approximate surface area is 120 Å². The van der Waals surface area contributed by atoms with Crippen molar-refractivity contribution in [3.8, 4) is 6.07 Å². The van der Waals surface area contributed by atoms with Crippen LogP contribution >= 0.6 is 0 Å². The van der Waals surface area contributed by atoms with Gasteiger partial charge in [0.25, 0.3) is 0 Å². The number of nitrogens with one attached hydrogen (secondary N) is 1. The Balaban J connectivity index is 2.17. The van der Waals surface area contributed by atoms with Gasteiger partial charge >= 0.3 is 5.97 Å². The Morgan fingerprint density at radius 1 is 1.43 bits per heavy atom. The molecule has 1 aliphatic carbocycles. The van der Waals surface area contributed by atoms with E-state index in [0.29, 0.717) is 0 Å². The van der Waals surface area contributed by atoms with E-state index in [1.807, 2.05) is 0 Å². The van der Waals surface area contributed by atoms with Gasteiger partial charge in [-0.15, -0.1) is 0 Å². The molecule has 1 aromatic carbocycles. The number of rotatable bonds is 4. The molecule has 0 bridgehead atoms. The number of nitrogens with zero attached hydrogens (tertiary/aromatic N) is 1. The predicted octanol–water partition coefficient (Wildman–Crippen LogP) is 1.00. The molecule has 21 heavy (non-hydrogen) atoms. The fourth-order valence-corrected chi connectivity index (χ4v) is 3.21. The molecule has 0 aliphatic heterocycles. The fourth-order valence-electron chi connectivity index (χ4n) is 1.99. The molecular weight excluding hydrogens is 299 g/mol. The van der Waals surface area contributed by atoms with Crippen LogP contribution in [0, 0.1) is 23.1 Å². The van der Waals surface area contributed by atoms with E-state index in [4.69, 9.17) is 10.4 Å². The van der Waals surface area contributed by atoms with Crippen LogP contribution in [0.15, 0.2) is 35.2 Å². The third-order valence-corrected chi connectivity index (χ3v) is 4.57. The molecule has 0 amide bonds. The summed E-state index contributed by atoms with van der Waals surface area (Å²) in [6.07, 6.45) is 2.97. The van der Waals surface area contributed by atoms with Crippen LogP contribution in [-0.2, 0) is 14.8 Å². The largest absolute Gasteiger partial charge is 0.481 e. The Hall–Kier alpha value is -2.24. The second-order valence-corrected chi connectivity index (χ2v) is 6.26. The molecule has 0 heterocycles. The van der Waals surface area contributed by atoms with E-state index in [9.17, 15) is 17.6 Å². The standard InChI is InChI=1S/C13H11FN2O4S/c14-12-6-11(4-2-9(12)7-15)21(19,20)16-10-3-1-8(5-10)13(17)18/h1-4,6,8,10,16H,5H2,(H,17,18). The van der Waals surface area contributed by atoms with Crippen LogP contribution in [0.2, 0.25) is 0 Å². The molecule has 8 heteroatoms. The number of benzene rings is 1. The van der Waals surface area contributed by atoms with E-state index in [1.165, 1.54) is 12.2 Å². The van der Waals surface area contributed by atoms with Crippen molar-refractivity contribution in [3.63, 3.8) is 0 Å². The Morgan fingerprint density at radius 3 is 2.67 bits per heavy atom. The molecule has 0 radical (unpaired) electrons. The fraction of sp³-hybridized carbons (Fsp3) is 0.231. The molecular formula is C13H11FN2O4S. The van der Waals surface area contributed by atoms with E-state index in [1.54, 1.807) is 6.07 Å². The lowest BCUT2D eigenvalue weighted by molar-refractivity contribution is -0.140. The minimum atomic E-state index is -3.98. The second-order valence-electron chi connectivity index (χ2n) is 4.55. The lowest BCUT2D eigenvalue weighted by Gasteiger charge is -2.13. The zero-order valence-corrected chi connectivity index (χ0v) is 11.5. The Kier molecular flexibility index (Phi) is 4.06. The summed E-state index contributed by atoms with van der Waals surface area (Å²) in [4.78, 5) is 10.5. The number of carboxylic acids is 1. The van der Waals surface area contributed by atoms with Gasteiger partial charge < -0.3 is 5.11 Å². The molecule has 1 aliphatic rings. The first-order valence-corrected chi connectivity index (χ1v) is 7.45. The van der Waals surface area contributed by atoms with Crippen molar-refractivity contribution >= 4 is 16.0 Å². The van der Waals surface area contributed by atoms with E-state index < -0.39 is 33.8 Å². The predicted molar refractivity (Wildman–Crippen MR) is 70.1 cm³/mol. The number of hydrogen-bond acceptors (Lipinski definition) is 4. The first kappa shape index (κ1) is 15.2. The highest BCUT2D eigenvalue weighted by Gasteiger charge is 2.28. The van der Waals surface area contributed by atoms with Crippen LogP contribution in [0.25, 0.3) is 0 Å². The van der Waals surface area contributed by atoms with Gasteiger partial charge in [-0.2, -0.15) is 5.26 Å². The number of halogens is 1. The highest BCUT2D eigenvalue weighted by molar-refractivity contribution is 7.89. The third-order valence-electron chi connectivity index (χ3n) is 3.08. The number of sulfonamides is 1. The molecule has 1 aromatic rings. The molecule has 2 atom stereocenters. The monoisotopic (exact) mass is 310 g/mol. The third kappa shape index (κ3) is 3.26.